The van der Waals surface area contributed by atoms with E-state index in [9.17, 15) is 14.7 Å². The predicted molar refractivity (Wildman–Crippen MR) is 139 cm³/mol. The van der Waals surface area contributed by atoms with Crippen LogP contribution in [0.25, 0.3) is 10.4 Å². The van der Waals surface area contributed by atoms with Crippen molar-refractivity contribution in [2.24, 2.45) is 5.92 Å². The predicted octanol–water partition coefficient (Wildman–Crippen LogP) is 4.24. The smallest absolute Gasteiger partial charge is 0.280 e. The van der Waals surface area contributed by atoms with Crippen LogP contribution < -0.4 is 10.6 Å². The number of hydrogen-bond donors (Lipinski definition) is 3. The van der Waals surface area contributed by atoms with Crippen LogP contribution in [0.3, 0.4) is 0 Å². The lowest BCUT2D eigenvalue weighted by atomic mass is 10.0. The average molecular weight is 500 g/mol. The van der Waals surface area contributed by atoms with Crippen molar-refractivity contribution in [3.05, 3.63) is 28.5 Å². The van der Waals surface area contributed by atoms with Crippen molar-refractivity contribution in [3.63, 3.8) is 0 Å². The third-order valence-corrected chi connectivity index (χ3v) is 8.39. The van der Waals surface area contributed by atoms with Gasteiger partial charge in [0.2, 0.25) is 0 Å². The Labute approximate surface area is 211 Å². The number of thiazole rings is 1. The van der Waals surface area contributed by atoms with Crippen molar-refractivity contribution in [2.45, 2.75) is 91.0 Å². The van der Waals surface area contributed by atoms with Gasteiger partial charge < -0.3 is 20.6 Å². The zero-order valence-corrected chi connectivity index (χ0v) is 22.3. The highest BCUT2D eigenvalue weighted by atomic mass is 32.1. The molecule has 8 nitrogen and oxygen atoms in total. The summed E-state index contributed by atoms with van der Waals surface area (Å²) in [5, 5.41) is 16.7. The molecule has 2 amide bonds. The number of likely N-dealkylation sites (tertiary alicyclic amines) is 1. The van der Waals surface area contributed by atoms with Gasteiger partial charge in [0.15, 0.2) is 5.01 Å². The number of carbonyl (C=O) groups is 2. The number of aliphatic hydroxyl groups is 1. The molecular formula is C26H37N5O3S. The number of hydrogen-bond acceptors (Lipinski definition) is 7. The van der Waals surface area contributed by atoms with Crippen molar-refractivity contribution in [3.8, 4) is 10.4 Å². The van der Waals surface area contributed by atoms with Crippen LogP contribution in [0.1, 0.15) is 86.2 Å². The molecule has 2 aromatic heterocycles. The summed E-state index contributed by atoms with van der Waals surface area (Å²) < 4.78 is 0. The molecule has 0 bridgehead atoms. The molecule has 1 aliphatic carbocycles. The van der Waals surface area contributed by atoms with Crippen LogP contribution in [0.2, 0.25) is 0 Å². The molecule has 1 aliphatic heterocycles. The number of aryl methyl sites for hydroxylation is 1. The fraction of sp³-hybridized carbons (Fsp3) is 0.615. The number of carbonyl (C=O) groups excluding carboxylic acids is 2. The molecule has 35 heavy (non-hydrogen) atoms. The third kappa shape index (κ3) is 5.67. The highest BCUT2D eigenvalue weighted by Crippen LogP contribution is 2.37. The first-order valence-corrected chi connectivity index (χ1v) is 13.4. The molecule has 3 N–H and O–H groups in total. The van der Waals surface area contributed by atoms with Crippen LogP contribution in [0.4, 0.5) is 5.82 Å². The number of aromatic nitrogens is 2. The summed E-state index contributed by atoms with van der Waals surface area (Å²) in [5.74, 6) is 0.965. The van der Waals surface area contributed by atoms with E-state index >= 15 is 0 Å². The highest BCUT2D eigenvalue weighted by Gasteiger charge is 2.33. The summed E-state index contributed by atoms with van der Waals surface area (Å²) >= 11 is 1.20. The van der Waals surface area contributed by atoms with E-state index in [4.69, 9.17) is 0 Å². The minimum Gasteiger partial charge on any atom is -0.388 e. The Bertz CT molecular complexity index is 1100. The monoisotopic (exact) mass is 499 g/mol. The van der Waals surface area contributed by atoms with Crippen molar-refractivity contribution >= 4 is 29.0 Å². The number of anilines is 1. The maximum Gasteiger partial charge on any atom is 0.280 e. The Morgan fingerprint density at radius 2 is 1.97 bits per heavy atom. The Morgan fingerprint density at radius 3 is 2.54 bits per heavy atom. The van der Waals surface area contributed by atoms with Gasteiger partial charge >= 0.3 is 0 Å². The van der Waals surface area contributed by atoms with E-state index in [0.29, 0.717) is 29.1 Å². The Morgan fingerprint density at radius 1 is 1.26 bits per heavy atom. The second kappa shape index (κ2) is 9.85. The number of pyridine rings is 1. The zero-order chi connectivity index (χ0) is 25.5. The fourth-order valence-electron chi connectivity index (χ4n) is 4.37. The van der Waals surface area contributed by atoms with Gasteiger partial charge in [-0.3, -0.25) is 9.59 Å². The zero-order valence-electron chi connectivity index (χ0n) is 21.5. The van der Waals surface area contributed by atoms with Crippen molar-refractivity contribution in [2.75, 3.05) is 11.9 Å². The van der Waals surface area contributed by atoms with Crippen LogP contribution in [-0.2, 0) is 0 Å². The fourth-order valence-corrected chi connectivity index (χ4v) is 5.41. The lowest BCUT2D eigenvalue weighted by molar-refractivity contribution is 0.0408. The van der Waals surface area contributed by atoms with E-state index in [1.807, 2.05) is 24.8 Å². The molecule has 190 valence electrons. The molecule has 0 spiro atoms. The van der Waals surface area contributed by atoms with Crippen molar-refractivity contribution in [1.29, 1.82) is 0 Å². The summed E-state index contributed by atoms with van der Waals surface area (Å²) in [6, 6.07) is 2.02. The van der Waals surface area contributed by atoms with Gasteiger partial charge in [-0.2, -0.15) is 0 Å². The van der Waals surface area contributed by atoms with Gasteiger partial charge in [-0.1, -0.05) is 0 Å². The molecule has 0 unspecified atom stereocenters. The molecule has 4 rings (SSSR count). The molecular weight excluding hydrogens is 462 g/mol. The molecule has 0 aromatic carbocycles. The normalized spacial score (nSPS) is 20.0. The van der Waals surface area contributed by atoms with E-state index in [1.165, 1.54) is 24.2 Å². The second-order valence-corrected chi connectivity index (χ2v) is 11.7. The number of amides is 2. The molecule has 2 fully saturated rings. The van der Waals surface area contributed by atoms with Crippen molar-refractivity contribution < 1.29 is 14.7 Å². The number of rotatable bonds is 8. The van der Waals surface area contributed by atoms with E-state index in [-0.39, 0.29) is 17.0 Å². The van der Waals surface area contributed by atoms with E-state index in [2.05, 4.69) is 27.5 Å². The standard InChI is InChI=1S/C26H37N5O3S/c1-14-12-20(28-16(3)18-9-10-18)27-13-19(14)22-21(25(33)31-11-7-8-15(31)2)30-24(35-22)23(32)29-17(4)26(5,6)34/h12-13,15-18,34H,7-11H2,1-6H3,(H,27,28)(H,29,32)/t15-,16+,17-/m0/s1. The molecule has 2 aromatic rings. The SMILES string of the molecule is Cc1cc(N[C@H](C)C2CC2)ncc1-c1sc(C(=O)N[C@@H](C)C(C)(C)O)nc1C(=O)N1CCC[C@@H]1C. The molecule has 1 saturated carbocycles. The van der Waals surface area contributed by atoms with E-state index in [0.717, 1.165) is 29.8 Å². The second-order valence-electron chi connectivity index (χ2n) is 10.7. The lowest BCUT2D eigenvalue weighted by Crippen LogP contribution is -2.47. The number of nitrogens with one attached hydrogen (secondary N) is 2. The first-order chi connectivity index (χ1) is 16.5. The van der Waals surface area contributed by atoms with E-state index in [1.54, 1.807) is 27.0 Å². The Kier molecular flexibility index (Phi) is 7.20. The first kappa shape index (κ1) is 25.6. The molecule has 2 aliphatic rings. The highest BCUT2D eigenvalue weighted by molar-refractivity contribution is 7.17. The summed E-state index contributed by atoms with van der Waals surface area (Å²) in [6.45, 7) is 11.9. The summed E-state index contributed by atoms with van der Waals surface area (Å²) in [6.07, 6.45) is 6.20. The maximum absolute atomic E-state index is 13.5. The van der Waals surface area contributed by atoms with Gasteiger partial charge in [-0.05, 0) is 84.8 Å². The Hall–Kier alpha value is -2.52. The van der Waals surface area contributed by atoms with Crippen LogP contribution in [-0.4, -0.2) is 62.1 Å². The largest absolute Gasteiger partial charge is 0.388 e. The number of nitrogens with zero attached hydrogens (tertiary/aromatic N) is 3. The molecule has 3 heterocycles. The first-order valence-electron chi connectivity index (χ1n) is 12.5. The minimum atomic E-state index is -1.08. The molecule has 1 saturated heterocycles. The third-order valence-electron chi connectivity index (χ3n) is 7.31. The summed E-state index contributed by atoms with van der Waals surface area (Å²) in [5.41, 5.74) is 0.980. The molecule has 0 radical (unpaired) electrons. The summed E-state index contributed by atoms with van der Waals surface area (Å²) in [7, 11) is 0. The van der Waals surface area contributed by atoms with Crippen LogP contribution in [0, 0.1) is 12.8 Å². The van der Waals surface area contributed by atoms with Gasteiger partial charge in [0, 0.05) is 30.4 Å². The Balaban J connectivity index is 1.67. The van der Waals surface area contributed by atoms with Gasteiger partial charge in [0.05, 0.1) is 16.5 Å². The van der Waals surface area contributed by atoms with Gasteiger partial charge in [-0.25, -0.2) is 9.97 Å². The molecule has 9 heteroatoms. The maximum atomic E-state index is 13.5. The van der Waals surface area contributed by atoms with Crippen LogP contribution in [0.15, 0.2) is 12.3 Å². The summed E-state index contributed by atoms with van der Waals surface area (Å²) in [4.78, 5) is 38.2. The van der Waals surface area contributed by atoms with Gasteiger partial charge in [0.25, 0.3) is 11.8 Å². The van der Waals surface area contributed by atoms with Gasteiger partial charge in [0.1, 0.15) is 11.5 Å². The van der Waals surface area contributed by atoms with E-state index < -0.39 is 17.6 Å². The van der Waals surface area contributed by atoms with Crippen molar-refractivity contribution in [1.82, 2.24) is 20.2 Å². The topological polar surface area (TPSA) is 107 Å². The quantitative estimate of drug-likeness (QED) is 0.502. The molecule has 3 atom stereocenters. The van der Waals surface area contributed by atoms with Crippen LogP contribution >= 0.6 is 11.3 Å². The average Bonchev–Trinajstić information content (AvgIpc) is 3.40. The minimum absolute atomic E-state index is 0.138. The van der Waals surface area contributed by atoms with Gasteiger partial charge in [-0.15, -0.1) is 11.3 Å². The lowest BCUT2D eigenvalue weighted by Gasteiger charge is -2.26. The van der Waals surface area contributed by atoms with Crippen LogP contribution in [0.5, 0.6) is 0 Å².